The van der Waals surface area contributed by atoms with E-state index in [-0.39, 0.29) is 12.0 Å². The van der Waals surface area contributed by atoms with Crippen LogP contribution in [0.4, 0.5) is 20.6 Å². The number of rotatable bonds is 6. The molecule has 1 aromatic rings. The first-order chi connectivity index (χ1) is 15.5. The number of aliphatic hydroxyl groups excluding tert-OH is 1. The van der Waals surface area contributed by atoms with Gasteiger partial charge in [0.15, 0.2) is 0 Å². The lowest BCUT2D eigenvalue weighted by Crippen LogP contribution is -2.49. The molecule has 1 atom stereocenters. The normalized spacial score (nSPS) is 21.8. The van der Waals surface area contributed by atoms with Gasteiger partial charge in [-0.25, -0.2) is 9.18 Å². The minimum absolute atomic E-state index is 0.318. The van der Waals surface area contributed by atoms with Gasteiger partial charge in [-0.05, 0) is 31.0 Å². The second-order valence-electron chi connectivity index (χ2n) is 8.50. The van der Waals surface area contributed by atoms with Crippen LogP contribution in [0.15, 0.2) is 18.2 Å². The maximum Gasteiger partial charge on any atom is 0.414 e. The number of anilines is 2. The largest absolute Gasteiger partial charge is 0.442 e. The molecule has 8 nitrogen and oxygen atoms in total. The van der Waals surface area contributed by atoms with Gasteiger partial charge < -0.3 is 25.0 Å². The van der Waals surface area contributed by atoms with E-state index in [1.165, 1.54) is 23.8 Å². The van der Waals surface area contributed by atoms with Gasteiger partial charge in [0.05, 0.1) is 29.5 Å². The van der Waals surface area contributed by atoms with Gasteiger partial charge >= 0.3 is 6.09 Å². The average molecular weight is 465 g/mol. The molecule has 2 aliphatic heterocycles. The summed E-state index contributed by atoms with van der Waals surface area (Å²) in [6.45, 7) is 2.07. The third-order valence-corrected chi connectivity index (χ3v) is 6.93. The Morgan fingerprint density at radius 2 is 1.94 bits per heavy atom. The van der Waals surface area contributed by atoms with Gasteiger partial charge in [-0.15, -0.1) is 0 Å². The minimum atomic E-state index is -0.516. The van der Waals surface area contributed by atoms with Crippen LogP contribution >= 0.6 is 12.2 Å². The molecule has 2 heterocycles. The van der Waals surface area contributed by atoms with E-state index in [0.29, 0.717) is 56.6 Å². The van der Waals surface area contributed by atoms with E-state index in [9.17, 15) is 14.0 Å². The van der Waals surface area contributed by atoms with E-state index in [2.05, 4.69) is 5.32 Å². The fraction of sp³-hybridized carbons (Fsp3) is 0.591. The highest BCUT2D eigenvalue weighted by Crippen LogP contribution is 2.29. The zero-order valence-corrected chi connectivity index (χ0v) is 18.8. The zero-order valence-electron chi connectivity index (χ0n) is 18.0. The van der Waals surface area contributed by atoms with Crippen molar-refractivity contribution in [3.05, 3.63) is 24.0 Å². The maximum absolute atomic E-state index is 14.9. The molecule has 0 bridgehead atoms. The number of ether oxygens (including phenoxy) is 1. The molecular weight excluding hydrogens is 435 g/mol. The van der Waals surface area contributed by atoms with Crippen molar-refractivity contribution in [3.63, 3.8) is 0 Å². The van der Waals surface area contributed by atoms with E-state index >= 15 is 0 Å². The van der Waals surface area contributed by atoms with Crippen molar-refractivity contribution in [1.82, 2.24) is 10.2 Å². The maximum atomic E-state index is 14.9. The Kier molecular flexibility index (Phi) is 7.10. The van der Waals surface area contributed by atoms with Crippen molar-refractivity contribution in [1.29, 1.82) is 0 Å². The number of carbonyl (C=O) groups excluding carboxylic acids is 2. The average Bonchev–Trinajstić information content (AvgIpc) is 3.47. The lowest BCUT2D eigenvalue weighted by Gasteiger charge is -2.36. The van der Waals surface area contributed by atoms with E-state index in [0.717, 1.165) is 17.8 Å². The van der Waals surface area contributed by atoms with Crippen molar-refractivity contribution in [3.8, 4) is 0 Å². The third-order valence-electron chi connectivity index (χ3n) is 6.46. The molecule has 1 unspecified atom stereocenters. The summed E-state index contributed by atoms with van der Waals surface area (Å²) in [6.07, 6.45) is 3.79. The third kappa shape index (κ3) is 4.96. The highest BCUT2D eigenvalue weighted by Gasteiger charge is 2.33. The number of nitrogens with one attached hydrogen (secondary N) is 1. The van der Waals surface area contributed by atoms with E-state index in [1.807, 2.05) is 4.90 Å². The summed E-state index contributed by atoms with van der Waals surface area (Å²) in [5, 5.41) is 12.2. The van der Waals surface area contributed by atoms with Crippen LogP contribution in [0, 0.1) is 11.7 Å². The van der Waals surface area contributed by atoms with Crippen LogP contribution in [0.5, 0.6) is 0 Å². The number of carbonyl (C=O) groups is 2. The summed E-state index contributed by atoms with van der Waals surface area (Å²) in [5.74, 6) is -0.328. The predicted octanol–water partition coefficient (Wildman–Crippen LogP) is 1.90. The molecule has 1 aromatic carbocycles. The number of nitrogens with zero attached hydrogens (tertiary/aromatic N) is 3. The Morgan fingerprint density at radius 1 is 1.22 bits per heavy atom. The van der Waals surface area contributed by atoms with E-state index in [4.69, 9.17) is 22.1 Å². The standard InChI is InChI=1S/C22H29FN4O4S/c23-18-11-16(5-6-19(18)25-7-9-26(10-8-25)20(29)14-28)27-13-17(31-22(27)30)12-24-21(32)15-3-1-2-4-15/h5-6,11,15,17,28H,1-4,7-10,12-14H2,(H,24,32). The summed E-state index contributed by atoms with van der Waals surface area (Å²) in [4.78, 5) is 29.7. The Morgan fingerprint density at radius 3 is 2.59 bits per heavy atom. The van der Waals surface area contributed by atoms with Crippen molar-refractivity contribution in [2.24, 2.45) is 5.92 Å². The molecular formula is C22H29FN4O4S. The summed E-state index contributed by atoms with van der Waals surface area (Å²) >= 11 is 5.47. The second kappa shape index (κ2) is 9.99. The molecule has 4 rings (SSSR count). The molecule has 32 heavy (non-hydrogen) atoms. The molecule has 0 aromatic heterocycles. The topological polar surface area (TPSA) is 85.3 Å². The molecule has 174 valence electrons. The van der Waals surface area contributed by atoms with Crippen molar-refractivity contribution >= 4 is 40.6 Å². The Bertz CT molecular complexity index is 871. The zero-order chi connectivity index (χ0) is 22.7. The van der Waals surface area contributed by atoms with Crippen LogP contribution in [-0.2, 0) is 9.53 Å². The molecule has 2 saturated heterocycles. The lowest BCUT2D eigenvalue weighted by molar-refractivity contribution is -0.134. The highest BCUT2D eigenvalue weighted by molar-refractivity contribution is 7.80. The van der Waals surface area contributed by atoms with Gasteiger partial charge in [0.1, 0.15) is 18.5 Å². The molecule has 1 aliphatic carbocycles. The summed E-state index contributed by atoms with van der Waals surface area (Å²) in [5.41, 5.74) is 0.878. The molecule has 2 N–H and O–H groups in total. The van der Waals surface area contributed by atoms with Gasteiger partial charge in [-0.3, -0.25) is 9.69 Å². The number of aliphatic hydroxyl groups is 1. The fourth-order valence-corrected chi connectivity index (χ4v) is 4.92. The van der Waals surface area contributed by atoms with Crippen LogP contribution in [0.3, 0.4) is 0 Å². The number of amides is 2. The quantitative estimate of drug-likeness (QED) is 0.622. The summed E-state index contributed by atoms with van der Waals surface area (Å²) in [6, 6.07) is 4.72. The summed E-state index contributed by atoms with van der Waals surface area (Å²) in [7, 11) is 0. The molecule has 3 fully saturated rings. The lowest BCUT2D eigenvalue weighted by atomic mass is 10.1. The molecule has 3 aliphatic rings. The monoisotopic (exact) mass is 464 g/mol. The number of halogens is 1. The van der Waals surface area contributed by atoms with Crippen LogP contribution < -0.4 is 15.1 Å². The number of piperazine rings is 1. The van der Waals surface area contributed by atoms with Crippen LogP contribution in [0.1, 0.15) is 25.7 Å². The fourth-order valence-electron chi connectivity index (χ4n) is 4.60. The van der Waals surface area contributed by atoms with Crippen LogP contribution in [0.25, 0.3) is 0 Å². The Balaban J connectivity index is 1.33. The molecule has 1 saturated carbocycles. The number of hydrogen-bond donors (Lipinski definition) is 2. The van der Waals surface area contributed by atoms with Gasteiger partial charge in [0, 0.05) is 32.1 Å². The van der Waals surface area contributed by atoms with Crippen molar-refractivity contribution < 1.29 is 23.8 Å². The van der Waals surface area contributed by atoms with Gasteiger partial charge in [0.2, 0.25) is 5.91 Å². The van der Waals surface area contributed by atoms with E-state index in [1.54, 1.807) is 17.0 Å². The van der Waals surface area contributed by atoms with Crippen LogP contribution in [0.2, 0.25) is 0 Å². The Hall–Kier alpha value is -2.46. The number of thiocarbonyl (C=S) groups is 1. The van der Waals surface area contributed by atoms with Gasteiger partial charge in [-0.2, -0.15) is 0 Å². The van der Waals surface area contributed by atoms with Crippen molar-refractivity contribution in [2.45, 2.75) is 31.8 Å². The van der Waals surface area contributed by atoms with E-state index < -0.39 is 18.5 Å². The minimum Gasteiger partial charge on any atom is -0.442 e. The SMILES string of the molecule is O=C(CO)N1CCN(c2ccc(N3CC(CNC(=S)C4CCCC4)OC3=O)cc2F)CC1. The smallest absolute Gasteiger partial charge is 0.414 e. The molecule has 0 radical (unpaired) electrons. The Labute approximate surface area is 192 Å². The highest BCUT2D eigenvalue weighted by atomic mass is 32.1. The molecule has 2 amide bonds. The van der Waals surface area contributed by atoms with Crippen LogP contribution in [-0.4, -0.2) is 79.0 Å². The molecule has 0 spiro atoms. The predicted molar refractivity (Wildman–Crippen MR) is 122 cm³/mol. The number of hydrogen-bond acceptors (Lipinski definition) is 6. The number of cyclic esters (lactones) is 1. The van der Waals surface area contributed by atoms with Gasteiger partial charge in [0.25, 0.3) is 0 Å². The summed E-state index contributed by atoms with van der Waals surface area (Å²) < 4.78 is 20.3. The first kappa shape index (κ1) is 22.7. The van der Waals surface area contributed by atoms with Gasteiger partial charge in [-0.1, -0.05) is 25.1 Å². The van der Waals surface area contributed by atoms with Crippen molar-refractivity contribution in [2.75, 3.05) is 55.7 Å². The molecule has 10 heteroatoms. The first-order valence-corrected chi connectivity index (χ1v) is 11.6. The second-order valence-corrected chi connectivity index (χ2v) is 8.94. The first-order valence-electron chi connectivity index (χ1n) is 11.1. The number of benzene rings is 1.